The van der Waals surface area contributed by atoms with Gasteiger partial charge in [0.05, 0.1) is 11.4 Å². The Morgan fingerprint density at radius 2 is 1.04 bits per heavy atom. The van der Waals surface area contributed by atoms with Crippen molar-refractivity contribution in [3.63, 3.8) is 0 Å². The van der Waals surface area contributed by atoms with Crippen molar-refractivity contribution in [3.05, 3.63) is 138 Å². The van der Waals surface area contributed by atoms with E-state index in [1.807, 2.05) is 48.8 Å². The lowest BCUT2D eigenvalue weighted by Crippen LogP contribution is -2.17. The monoisotopic (exact) mass is 593 g/mol. The number of pyridine rings is 2. The van der Waals surface area contributed by atoms with E-state index in [2.05, 4.69) is 94.4 Å². The van der Waals surface area contributed by atoms with Gasteiger partial charge in [0.25, 0.3) is 0 Å². The lowest BCUT2D eigenvalue weighted by Gasteiger charge is -2.24. The van der Waals surface area contributed by atoms with Crippen LogP contribution in [0.5, 0.6) is 0 Å². The van der Waals surface area contributed by atoms with Crippen molar-refractivity contribution >= 4 is 10.8 Å². The number of nitrogens with zero attached hydrogens (tertiary/aromatic N) is 5. The molecule has 0 N–H and O–H groups in total. The molecule has 0 saturated carbocycles. The molecular formula is C41H31N5. The molecule has 0 radical (unpaired) electrons. The second-order valence-corrected chi connectivity index (χ2v) is 13.4. The SMILES string of the molecule is CC1(C)c2cc3c(cc2-c2ncccc21)C(C)(C)c1cc(-c2nc(-c4ccccc4)nc(-c4ccc5ccccc5c4)n2)cnc1-3. The summed E-state index contributed by atoms with van der Waals surface area (Å²) in [7, 11) is 0. The van der Waals surface area contributed by atoms with Gasteiger partial charge in [0.2, 0.25) is 0 Å². The highest BCUT2D eigenvalue weighted by Gasteiger charge is 2.42. The molecule has 0 fully saturated rings. The van der Waals surface area contributed by atoms with Crippen molar-refractivity contribution in [1.29, 1.82) is 0 Å². The van der Waals surface area contributed by atoms with E-state index in [4.69, 9.17) is 24.9 Å². The Labute approximate surface area is 268 Å². The Bertz CT molecular complexity index is 2370. The maximum Gasteiger partial charge on any atom is 0.165 e. The second-order valence-electron chi connectivity index (χ2n) is 13.4. The van der Waals surface area contributed by atoms with Gasteiger partial charge in [-0.05, 0) is 63.4 Å². The number of rotatable bonds is 3. The van der Waals surface area contributed by atoms with Crippen LogP contribution in [0, 0.1) is 0 Å². The van der Waals surface area contributed by atoms with Crippen LogP contribution in [0.3, 0.4) is 0 Å². The molecule has 0 bridgehead atoms. The van der Waals surface area contributed by atoms with E-state index in [9.17, 15) is 0 Å². The molecule has 0 saturated heterocycles. The Morgan fingerprint density at radius 3 is 1.78 bits per heavy atom. The predicted molar refractivity (Wildman–Crippen MR) is 184 cm³/mol. The number of benzene rings is 4. The van der Waals surface area contributed by atoms with Crippen LogP contribution in [0.25, 0.3) is 67.5 Å². The van der Waals surface area contributed by atoms with Crippen LogP contribution in [0.2, 0.25) is 0 Å². The topological polar surface area (TPSA) is 64.5 Å². The second kappa shape index (κ2) is 9.48. The molecule has 0 atom stereocenters. The van der Waals surface area contributed by atoms with Gasteiger partial charge < -0.3 is 0 Å². The van der Waals surface area contributed by atoms with Crippen LogP contribution in [0.1, 0.15) is 49.9 Å². The summed E-state index contributed by atoms with van der Waals surface area (Å²) in [5, 5.41) is 2.33. The first kappa shape index (κ1) is 26.8. The minimum atomic E-state index is -0.263. The molecule has 5 heteroatoms. The number of hydrogen-bond acceptors (Lipinski definition) is 5. The molecule has 0 aliphatic heterocycles. The molecule has 7 aromatic rings. The number of hydrogen-bond donors (Lipinski definition) is 0. The summed E-state index contributed by atoms with van der Waals surface area (Å²) in [5.41, 5.74) is 12.0. The van der Waals surface area contributed by atoms with Gasteiger partial charge in [-0.1, -0.05) is 100 Å². The van der Waals surface area contributed by atoms with E-state index in [0.717, 1.165) is 33.5 Å². The highest BCUT2D eigenvalue weighted by Crippen LogP contribution is 2.55. The minimum Gasteiger partial charge on any atom is -0.256 e. The summed E-state index contributed by atoms with van der Waals surface area (Å²) in [4.78, 5) is 25.0. The lowest BCUT2D eigenvalue weighted by molar-refractivity contribution is 0.651. The summed E-state index contributed by atoms with van der Waals surface area (Å²) in [6.45, 7) is 9.17. The van der Waals surface area contributed by atoms with Crippen LogP contribution >= 0.6 is 0 Å². The molecule has 9 rings (SSSR count). The van der Waals surface area contributed by atoms with E-state index >= 15 is 0 Å². The van der Waals surface area contributed by atoms with Crippen molar-refractivity contribution in [3.8, 4) is 56.7 Å². The fourth-order valence-corrected chi connectivity index (χ4v) is 7.40. The van der Waals surface area contributed by atoms with Crippen LogP contribution < -0.4 is 0 Å². The average molecular weight is 594 g/mol. The first-order chi connectivity index (χ1) is 22.3. The van der Waals surface area contributed by atoms with Gasteiger partial charge in [-0.3, -0.25) is 9.97 Å². The molecular weight excluding hydrogens is 562 g/mol. The third-order valence-corrected chi connectivity index (χ3v) is 9.99. The maximum absolute atomic E-state index is 5.12. The zero-order valence-corrected chi connectivity index (χ0v) is 26.2. The van der Waals surface area contributed by atoms with Crippen molar-refractivity contribution in [2.75, 3.05) is 0 Å². The van der Waals surface area contributed by atoms with E-state index < -0.39 is 0 Å². The van der Waals surface area contributed by atoms with Crippen molar-refractivity contribution in [2.24, 2.45) is 0 Å². The molecule has 4 aromatic carbocycles. The summed E-state index contributed by atoms with van der Waals surface area (Å²) in [6, 6.07) is 36.0. The molecule has 2 aliphatic carbocycles. The largest absolute Gasteiger partial charge is 0.256 e. The fraction of sp³-hybridized carbons (Fsp3) is 0.146. The Kier molecular flexibility index (Phi) is 5.52. The van der Waals surface area contributed by atoms with Gasteiger partial charge >= 0.3 is 0 Å². The summed E-state index contributed by atoms with van der Waals surface area (Å²) >= 11 is 0. The quantitative estimate of drug-likeness (QED) is 0.204. The molecule has 0 spiro atoms. The zero-order valence-electron chi connectivity index (χ0n) is 26.2. The number of fused-ring (bicyclic) bond motifs is 7. The van der Waals surface area contributed by atoms with Crippen LogP contribution in [0.15, 0.2) is 116 Å². The fourth-order valence-electron chi connectivity index (χ4n) is 7.40. The lowest BCUT2D eigenvalue weighted by atomic mass is 9.79. The van der Waals surface area contributed by atoms with Gasteiger partial charge in [-0.15, -0.1) is 0 Å². The zero-order chi connectivity index (χ0) is 31.2. The maximum atomic E-state index is 5.12. The van der Waals surface area contributed by atoms with E-state index in [1.165, 1.54) is 38.8 Å². The minimum absolute atomic E-state index is 0.126. The van der Waals surface area contributed by atoms with Crippen molar-refractivity contribution in [2.45, 2.75) is 38.5 Å². The van der Waals surface area contributed by atoms with Crippen LogP contribution in [-0.4, -0.2) is 24.9 Å². The third kappa shape index (κ3) is 3.84. The molecule has 2 aliphatic rings. The third-order valence-electron chi connectivity index (χ3n) is 9.99. The first-order valence-electron chi connectivity index (χ1n) is 15.8. The van der Waals surface area contributed by atoms with Gasteiger partial charge in [-0.2, -0.15) is 0 Å². The molecule has 5 nitrogen and oxygen atoms in total. The van der Waals surface area contributed by atoms with Gasteiger partial charge in [0.15, 0.2) is 17.5 Å². The van der Waals surface area contributed by atoms with E-state index in [0.29, 0.717) is 17.5 Å². The molecule has 3 aromatic heterocycles. The Balaban J connectivity index is 1.20. The molecule has 220 valence electrons. The van der Waals surface area contributed by atoms with Gasteiger partial charge in [0, 0.05) is 51.0 Å². The summed E-state index contributed by atoms with van der Waals surface area (Å²) in [6.07, 6.45) is 3.82. The Morgan fingerprint density at radius 1 is 0.435 bits per heavy atom. The highest BCUT2D eigenvalue weighted by atomic mass is 15.0. The number of aromatic nitrogens is 5. The molecule has 0 amide bonds. The molecule has 3 heterocycles. The smallest absolute Gasteiger partial charge is 0.165 e. The van der Waals surface area contributed by atoms with Gasteiger partial charge in [-0.25, -0.2) is 15.0 Å². The average Bonchev–Trinajstić information content (AvgIpc) is 3.46. The molecule has 0 unspecified atom stereocenters. The summed E-state index contributed by atoms with van der Waals surface area (Å²) in [5.74, 6) is 1.89. The summed E-state index contributed by atoms with van der Waals surface area (Å²) < 4.78 is 0. The first-order valence-corrected chi connectivity index (χ1v) is 15.8. The van der Waals surface area contributed by atoms with Crippen LogP contribution in [0.4, 0.5) is 0 Å². The normalized spacial score (nSPS) is 14.9. The van der Waals surface area contributed by atoms with Crippen molar-refractivity contribution < 1.29 is 0 Å². The molecule has 46 heavy (non-hydrogen) atoms. The Hall–Kier alpha value is -5.55. The van der Waals surface area contributed by atoms with Gasteiger partial charge in [0.1, 0.15) is 0 Å². The standard InChI is InChI=1S/C41H31N5/c1-40(2)31-15-10-18-42-35(31)29-21-33-30(22-32(29)40)36-34(41(33,3)4)20-28(23-43-36)39-45-37(25-12-6-5-7-13-25)44-38(46-39)27-17-16-24-11-8-9-14-26(24)19-27/h5-23H,1-4H3. The van der Waals surface area contributed by atoms with Crippen LogP contribution in [-0.2, 0) is 10.8 Å². The van der Waals surface area contributed by atoms with Crippen molar-refractivity contribution in [1.82, 2.24) is 24.9 Å². The van der Waals surface area contributed by atoms with E-state index in [1.54, 1.807) is 0 Å². The highest BCUT2D eigenvalue weighted by molar-refractivity contribution is 5.89. The van der Waals surface area contributed by atoms with E-state index in [-0.39, 0.29) is 10.8 Å². The predicted octanol–water partition coefficient (Wildman–Crippen LogP) is 9.43.